The number of nitrogens with one attached hydrogen (secondary N) is 2. The van der Waals surface area contributed by atoms with Crippen LogP contribution in [0.4, 0.5) is 11.4 Å². The molecule has 0 aliphatic carbocycles. The second-order valence-electron chi connectivity index (χ2n) is 7.65. The lowest BCUT2D eigenvalue weighted by Gasteiger charge is -2.10. The first kappa shape index (κ1) is 24.8. The summed E-state index contributed by atoms with van der Waals surface area (Å²) in [6.45, 7) is 0. The first-order chi connectivity index (χ1) is 17.5. The van der Waals surface area contributed by atoms with Crippen molar-refractivity contribution in [2.75, 3.05) is 30.3 Å². The van der Waals surface area contributed by atoms with Crippen LogP contribution in [0.2, 0.25) is 0 Å². The Kier molecular flexibility index (Phi) is 7.86. The number of carbonyl (C=O) groups excluding carboxylic acids is 3. The number of rotatable bonds is 8. The molecule has 0 unspecified atom stereocenters. The average Bonchev–Trinajstić information content (AvgIpc) is 3.27. The first-order valence-corrected chi connectivity index (χ1v) is 12.0. The van der Waals surface area contributed by atoms with E-state index in [0.717, 1.165) is 4.90 Å². The summed E-state index contributed by atoms with van der Waals surface area (Å²) in [7, 11) is 3.04. The van der Waals surface area contributed by atoms with Crippen LogP contribution < -0.4 is 25.1 Å². The van der Waals surface area contributed by atoms with Crippen molar-refractivity contribution in [1.29, 1.82) is 0 Å². The van der Waals surface area contributed by atoms with Crippen LogP contribution in [-0.2, 0) is 9.59 Å². The van der Waals surface area contributed by atoms with Crippen molar-refractivity contribution in [3.63, 3.8) is 0 Å². The van der Waals surface area contributed by atoms with E-state index in [-0.39, 0.29) is 29.9 Å². The van der Waals surface area contributed by atoms with Crippen LogP contribution in [-0.4, -0.2) is 43.5 Å². The smallest absolute Gasteiger partial charge is 0.255 e. The monoisotopic (exact) mass is 504 g/mol. The maximum absolute atomic E-state index is 12.6. The van der Waals surface area contributed by atoms with Crippen LogP contribution in [0.1, 0.15) is 16.8 Å². The molecule has 2 N–H and O–H groups in total. The third-order valence-corrected chi connectivity index (χ3v) is 6.20. The maximum atomic E-state index is 12.6. The molecule has 9 nitrogen and oxygen atoms in total. The fourth-order valence-electron chi connectivity index (χ4n) is 3.43. The van der Waals surface area contributed by atoms with E-state index in [2.05, 4.69) is 15.7 Å². The molecule has 3 amide bonds. The van der Waals surface area contributed by atoms with Gasteiger partial charge in [0.05, 0.1) is 32.1 Å². The molecule has 0 saturated carbocycles. The Bertz CT molecular complexity index is 1300. The number of thioether (sulfide) groups is 1. The number of hydrogen-bond acceptors (Lipinski definition) is 7. The van der Waals surface area contributed by atoms with Gasteiger partial charge in [-0.1, -0.05) is 18.2 Å². The highest BCUT2D eigenvalue weighted by atomic mass is 32.2. The highest BCUT2D eigenvalue weighted by Crippen LogP contribution is 2.28. The number of para-hydroxylation sites is 1. The van der Waals surface area contributed by atoms with Gasteiger partial charge in [-0.25, -0.2) is 0 Å². The third kappa shape index (κ3) is 6.02. The minimum absolute atomic E-state index is 0.0414. The standard InChI is InChI=1S/C26H24N4O5S/c1-34-21-13-8-17(14-22(21)35-2)26(33)27-18-9-11-20(12-10-18)36-16-24(31)28-23-15-25(32)30(29-23)19-6-4-3-5-7-19/h3-14H,15-16H2,1-2H3,(H,27,33)(H,28,29,31). The van der Waals surface area contributed by atoms with Gasteiger partial charge in [-0.2, -0.15) is 10.1 Å². The molecule has 3 aromatic carbocycles. The molecular formula is C26H24N4O5S. The summed E-state index contributed by atoms with van der Waals surface area (Å²) < 4.78 is 10.4. The Labute approximate surface area is 212 Å². The van der Waals surface area contributed by atoms with Gasteiger partial charge in [-0.15, -0.1) is 11.8 Å². The van der Waals surface area contributed by atoms with E-state index < -0.39 is 0 Å². The molecule has 36 heavy (non-hydrogen) atoms. The predicted molar refractivity (Wildman–Crippen MR) is 139 cm³/mol. The van der Waals surface area contributed by atoms with Crippen molar-refractivity contribution in [3.8, 4) is 11.5 Å². The van der Waals surface area contributed by atoms with Crippen molar-refractivity contribution >= 4 is 46.7 Å². The average molecular weight is 505 g/mol. The molecule has 1 aliphatic rings. The molecule has 0 spiro atoms. The quantitative estimate of drug-likeness (QED) is 0.450. The van der Waals surface area contributed by atoms with Gasteiger partial charge in [0.25, 0.3) is 11.8 Å². The number of ether oxygens (including phenoxy) is 2. The number of carbonyl (C=O) groups is 3. The van der Waals surface area contributed by atoms with Gasteiger partial charge in [0, 0.05) is 16.1 Å². The van der Waals surface area contributed by atoms with E-state index in [9.17, 15) is 14.4 Å². The van der Waals surface area contributed by atoms with Crippen LogP contribution >= 0.6 is 11.8 Å². The molecule has 10 heteroatoms. The Morgan fingerprint density at radius 3 is 2.36 bits per heavy atom. The Hall–Kier alpha value is -4.31. The van der Waals surface area contributed by atoms with Gasteiger partial charge < -0.3 is 20.1 Å². The van der Waals surface area contributed by atoms with Crippen LogP contribution in [0.5, 0.6) is 11.5 Å². The third-order valence-electron chi connectivity index (χ3n) is 5.19. The number of nitrogens with zero attached hydrogens (tertiary/aromatic N) is 2. The van der Waals surface area contributed by atoms with E-state index in [1.807, 2.05) is 30.3 Å². The predicted octanol–water partition coefficient (Wildman–Crippen LogP) is 3.91. The van der Waals surface area contributed by atoms with E-state index >= 15 is 0 Å². The summed E-state index contributed by atoms with van der Waals surface area (Å²) in [5.74, 6) is 0.739. The van der Waals surface area contributed by atoms with Crippen molar-refractivity contribution in [1.82, 2.24) is 5.32 Å². The summed E-state index contributed by atoms with van der Waals surface area (Å²) in [4.78, 5) is 38.0. The van der Waals surface area contributed by atoms with E-state index in [1.54, 1.807) is 42.5 Å². The minimum Gasteiger partial charge on any atom is -0.493 e. The zero-order valence-electron chi connectivity index (χ0n) is 19.7. The van der Waals surface area contributed by atoms with Crippen LogP contribution in [0.3, 0.4) is 0 Å². The lowest BCUT2D eigenvalue weighted by molar-refractivity contribution is -0.117. The maximum Gasteiger partial charge on any atom is 0.255 e. The Morgan fingerprint density at radius 2 is 1.67 bits per heavy atom. The number of hydrogen-bond donors (Lipinski definition) is 2. The molecular weight excluding hydrogens is 480 g/mol. The Morgan fingerprint density at radius 1 is 0.944 bits per heavy atom. The highest BCUT2D eigenvalue weighted by molar-refractivity contribution is 8.00. The number of amidine groups is 1. The fourth-order valence-corrected chi connectivity index (χ4v) is 4.13. The highest BCUT2D eigenvalue weighted by Gasteiger charge is 2.26. The fraction of sp³-hybridized carbons (Fsp3) is 0.154. The molecule has 1 aliphatic heterocycles. The number of anilines is 2. The van der Waals surface area contributed by atoms with Gasteiger partial charge in [-0.3, -0.25) is 14.4 Å². The van der Waals surface area contributed by atoms with Crippen molar-refractivity contribution in [2.45, 2.75) is 11.3 Å². The van der Waals surface area contributed by atoms with E-state index in [0.29, 0.717) is 34.3 Å². The van der Waals surface area contributed by atoms with Crippen molar-refractivity contribution in [3.05, 3.63) is 78.4 Å². The van der Waals surface area contributed by atoms with Crippen molar-refractivity contribution in [2.24, 2.45) is 5.10 Å². The Balaban J connectivity index is 1.28. The summed E-state index contributed by atoms with van der Waals surface area (Å²) in [6, 6.07) is 21.1. The molecule has 0 atom stereocenters. The number of methoxy groups -OCH3 is 2. The SMILES string of the molecule is COc1ccc(C(=O)Nc2ccc(SCC(=O)NC3=NN(c4ccccc4)C(=O)C3)cc2)cc1OC. The van der Waals surface area contributed by atoms with Crippen LogP contribution in [0.25, 0.3) is 0 Å². The van der Waals surface area contributed by atoms with Gasteiger partial charge in [0.2, 0.25) is 5.91 Å². The van der Waals surface area contributed by atoms with Gasteiger partial charge in [0.15, 0.2) is 11.5 Å². The number of hydrazone groups is 1. The molecule has 3 aromatic rings. The largest absolute Gasteiger partial charge is 0.493 e. The molecule has 1 heterocycles. The van der Waals surface area contributed by atoms with E-state index in [1.165, 1.54) is 31.0 Å². The molecule has 184 valence electrons. The zero-order valence-corrected chi connectivity index (χ0v) is 20.5. The summed E-state index contributed by atoms with van der Waals surface area (Å²) in [5.41, 5.74) is 1.70. The van der Waals surface area contributed by atoms with E-state index in [4.69, 9.17) is 9.47 Å². The molecule has 0 aromatic heterocycles. The summed E-state index contributed by atoms with van der Waals surface area (Å²) >= 11 is 1.33. The lowest BCUT2D eigenvalue weighted by Crippen LogP contribution is -2.31. The minimum atomic E-state index is -0.285. The van der Waals surface area contributed by atoms with Crippen molar-refractivity contribution < 1.29 is 23.9 Å². The molecule has 0 radical (unpaired) electrons. The number of benzene rings is 3. The van der Waals surface area contributed by atoms with Crippen LogP contribution in [0, 0.1) is 0 Å². The molecule has 0 fully saturated rings. The zero-order chi connectivity index (χ0) is 25.5. The molecule has 0 bridgehead atoms. The second-order valence-corrected chi connectivity index (χ2v) is 8.70. The van der Waals surface area contributed by atoms with Gasteiger partial charge >= 0.3 is 0 Å². The molecule has 0 saturated heterocycles. The lowest BCUT2D eigenvalue weighted by atomic mass is 10.2. The van der Waals surface area contributed by atoms with Gasteiger partial charge in [-0.05, 0) is 54.6 Å². The topological polar surface area (TPSA) is 109 Å². The number of amides is 3. The summed E-state index contributed by atoms with van der Waals surface area (Å²) in [5, 5.41) is 11.0. The van der Waals surface area contributed by atoms with Crippen LogP contribution in [0.15, 0.2) is 82.8 Å². The second kappa shape index (κ2) is 11.4. The normalized spacial score (nSPS) is 12.7. The molecule has 4 rings (SSSR count). The summed E-state index contributed by atoms with van der Waals surface area (Å²) in [6.07, 6.45) is 0.0414. The first-order valence-electron chi connectivity index (χ1n) is 11.0. The van der Waals surface area contributed by atoms with Gasteiger partial charge in [0.1, 0.15) is 5.84 Å².